The molecule has 0 bridgehead atoms. The Morgan fingerprint density at radius 3 is 2.71 bits per heavy atom. The Bertz CT molecular complexity index is 425. The van der Waals surface area contributed by atoms with Gasteiger partial charge in [-0.2, -0.15) is 9.65 Å². The van der Waals surface area contributed by atoms with Crippen LogP contribution in [0.5, 0.6) is 5.75 Å². The fourth-order valence-electron chi connectivity index (χ4n) is 0.963. The maximum absolute atomic E-state index is 13.2. The Kier molecular flexibility index (Phi) is 2.62. The lowest BCUT2D eigenvalue weighted by Gasteiger charge is -2.02. The molecule has 0 aliphatic rings. The van der Waals surface area contributed by atoms with Gasteiger partial charge >= 0.3 is 5.69 Å². The number of hydrogen-bond acceptors (Lipinski definition) is 4. The molecule has 0 aromatic heterocycles. The number of nitrogens with zero attached hydrogens (tertiary/aromatic N) is 2. The largest absolute Gasteiger partial charge is 0.495 e. The van der Waals surface area contributed by atoms with E-state index in [1.807, 2.05) is 0 Å². The molecule has 1 aromatic rings. The van der Waals surface area contributed by atoms with E-state index in [-0.39, 0.29) is 5.75 Å². The summed E-state index contributed by atoms with van der Waals surface area (Å²) in [4.78, 5) is 9.41. The third-order valence-corrected chi connectivity index (χ3v) is 1.61. The van der Waals surface area contributed by atoms with Crippen LogP contribution in [0.15, 0.2) is 12.1 Å². The van der Waals surface area contributed by atoms with Gasteiger partial charge in [-0.25, -0.2) is 0 Å². The van der Waals surface area contributed by atoms with Gasteiger partial charge in [-0.3, -0.25) is 10.1 Å². The lowest BCUT2D eigenvalue weighted by atomic mass is 10.2. The monoisotopic (exact) mass is 196 g/mol. The van der Waals surface area contributed by atoms with E-state index in [0.29, 0.717) is 0 Å². The van der Waals surface area contributed by atoms with Gasteiger partial charge in [-0.15, -0.1) is 0 Å². The van der Waals surface area contributed by atoms with Crippen LogP contribution >= 0.6 is 0 Å². The molecule has 0 heterocycles. The smallest absolute Gasteiger partial charge is 0.306 e. The SMILES string of the molecule is COc1ccc([N+](=O)[O-])c(F)c1C#N. The Labute approximate surface area is 78.5 Å². The van der Waals surface area contributed by atoms with E-state index in [2.05, 4.69) is 4.74 Å². The minimum Gasteiger partial charge on any atom is -0.495 e. The van der Waals surface area contributed by atoms with Crippen molar-refractivity contribution >= 4 is 5.69 Å². The lowest BCUT2D eigenvalue weighted by molar-refractivity contribution is -0.387. The van der Waals surface area contributed by atoms with Gasteiger partial charge in [0.05, 0.1) is 12.0 Å². The van der Waals surface area contributed by atoms with Gasteiger partial charge in [0.25, 0.3) is 0 Å². The molecule has 14 heavy (non-hydrogen) atoms. The van der Waals surface area contributed by atoms with Gasteiger partial charge in [0, 0.05) is 6.07 Å². The molecule has 5 nitrogen and oxygen atoms in total. The summed E-state index contributed by atoms with van der Waals surface area (Å²) in [5.41, 5.74) is -1.19. The summed E-state index contributed by atoms with van der Waals surface area (Å²) in [5, 5.41) is 18.8. The molecule has 0 aliphatic carbocycles. The normalized spacial score (nSPS) is 9.21. The van der Waals surface area contributed by atoms with Gasteiger partial charge < -0.3 is 4.74 Å². The molecule has 0 atom stereocenters. The van der Waals surface area contributed by atoms with Crippen LogP contribution in [0, 0.1) is 27.3 Å². The minimum absolute atomic E-state index is 0.0180. The van der Waals surface area contributed by atoms with Crippen LogP contribution in [0.4, 0.5) is 10.1 Å². The number of rotatable bonds is 2. The number of halogens is 1. The number of methoxy groups -OCH3 is 1. The quantitative estimate of drug-likeness (QED) is 0.531. The molecule has 6 heteroatoms. The first kappa shape index (κ1) is 9.92. The molecule has 1 aromatic carbocycles. The second-order valence-corrected chi connectivity index (χ2v) is 2.34. The number of nitro benzene ring substituents is 1. The topological polar surface area (TPSA) is 76.2 Å². The zero-order chi connectivity index (χ0) is 10.7. The summed E-state index contributed by atoms with van der Waals surface area (Å²) in [5.74, 6) is -1.19. The van der Waals surface area contributed by atoms with Crippen molar-refractivity contribution in [3.8, 4) is 11.8 Å². The Morgan fingerprint density at radius 1 is 1.64 bits per heavy atom. The number of benzene rings is 1. The molecule has 0 N–H and O–H groups in total. The lowest BCUT2D eigenvalue weighted by Crippen LogP contribution is -1.98. The highest BCUT2D eigenvalue weighted by molar-refractivity contribution is 5.51. The molecule has 0 saturated carbocycles. The van der Waals surface area contributed by atoms with Gasteiger partial charge in [-0.1, -0.05) is 0 Å². The highest BCUT2D eigenvalue weighted by Gasteiger charge is 2.21. The first-order valence-corrected chi connectivity index (χ1v) is 3.52. The Balaban J connectivity index is 3.44. The number of nitriles is 1. The van der Waals surface area contributed by atoms with Crippen molar-refractivity contribution < 1.29 is 14.1 Å². The van der Waals surface area contributed by atoms with E-state index in [1.54, 1.807) is 0 Å². The van der Waals surface area contributed by atoms with Crippen LogP contribution in [-0.4, -0.2) is 12.0 Å². The summed E-state index contributed by atoms with van der Waals surface area (Å²) in [6.07, 6.45) is 0. The van der Waals surface area contributed by atoms with E-state index >= 15 is 0 Å². The third-order valence-electron chi connectivity index (χ3n) is 1.61. The van der Waals surface area contributed by atoms with Crippen molar-refractivity contribution in [3.63, 3.8) is 0 Å². The molecule has 0 unspecified atom stereocenters. The zero-order valence-electron chi connectivity index (χ0n) is 7.15. The van der Waals surface area contributed by atoms with Crippen LogP contribution in [0.25, 0.3) is 0 Å². The second kappa shape index (κ2) is 3.70. The van der Waals surface area contributed by atoms with E-state index in [9.17, 15) is 14.5 Å². The van der Waals surface area contributed by atoms with E-state index < -0.39 is 22.0 Å². The number of ether oxygens (including phenoxy) is 1. The first-order valence-electron chi connectivity index (χ1n) is 3.52. The van der Waals surface area contributed by atoms with E-state index in [0.717, 1.165) is 6.07 Å². The molecule has 72 valence electrons. The molecule has 0 spiro atoms. The fourth-order valence-corrected chi connectivity index (χ4v) is 0.963. The van der Waals surface area contributed by atoms with Crippen LogP contribution in [0.2, 0.25) is 0 Å². The average Bonchev–Trinajstić information content (AvgIpc) is 2.16. The molecule has 0 amide bonds. The van der Waals surface area contributed by atoms with Gasteiger partial charge in [-0.05, 0) is 6.07 Å². The van der Waals surface area contributed by atoms with Crippen molar-refractivity contribution in [2.45, 2.75) is 0 Å². The van der Waals surface area contributed by atoms with Crippen molar-refractivity contribution in [2.24, 2.45) is 0 Å². The molecular formula is C8H5FN2O3. The predicted octanol–water partition coefficient (Wildman–Crippen LogP) is 1.61. The molecule has 0 radical (unpaired) electrons. The molecular weight excluding hydrogens is 191 g/mol. The molecule has 1 rings (SSSR count). The molecule has 0 saturated heterocycles. The summed E-state index contributed by atoms with van der Waals surface area (Å²) >= 11 is 0. The minimum atomic E-state index is -1.17. The summed E-state index contributed by atoms with van der Waals surface area (Å²) in [6.45, 7) is 0. The Hall–Kier alpha value is -2.16. The van der Waals surface area contributed by atoms with E-state index in [4.69, 9.17) is 5.26 Å². The maximum atomic E-state index is 13.2. The van der Waals surface area contributed by atoms with Crippen molar-refractivity contribution in [2.75, 3.05) is 7.11 Å². The van der Waals surface area contributed by atoms with Crippen LogP contribution < -0.4 is 4.74 Å². The zero-order valence-corrected chi connectivity index (χ0v) is 7.15. The first-order chi connectivity index (χ1) is 6.61. The Morgan fingerprint density at radius 2 is 2.29 bits per heavy atom. The number of nitro groups is 1. The number of hydrogen-bond donors (Lipinski definition) is 0. The van der Waals surface area contributed by atoms with Gasteiger partial charge in [0.1, 0.15) is 17.4 Å². The van der Waals surface area contributed by atoms with Crippen LogP contribution in [0.1, 0.15) is 5.56 Å². The molecule has 0 fully saturated rings. The third kappa shape index (κ3) is 1.47. The van der Waals surface area contributed by atoms with Gasteiger partial charge in [0.15, 0.2) is 0 Å². The highest BCUT2D eigenvalue weighted by Crippen LogP contribution is 2.27. The van der Waals surface area contributed by atoms with Gasteiger partial charge in [0.2, 0.25) is 5.82 Å². The highest BCUT2D eigenvalue weighted by atomic mass is 19.1. The van der Waals surface area contributed by atoms with Crippen molar-refractivity contribution in [3.05, 3.63) is 33.6 Å². The predicted molar refractivity (Wildman–Crippen MR) is 44.3 cm³/mol. The second-order valence-electron chi connectivity index (χ2n) is 2.34. The average molecular weight is 196 g/mol. The maximum Gasteiger partial charge on any atom is 0.306 e. The van der Waals surface area contributed by atoms with Crippen LogP contribution in [-0.2, 0) is 0 Å². The van der Waals surface area contributed by atoms with Crippen molar-refractivity contribution in [1.29, 1.82) is 5.26 Å². The summed E-state index contributed by atoms with van der Waals surface area (Å²) in [7, 11) is 1.25. The van der Waals surface area contributed by atoms with Crippen LogP contribution in [0.3, 0.4) is 0 Å². The summed E-state index contributed by atoms with van der Waals surface area (Å²) in [6, 6.07) is 3.64. The van der Waals surface area contributed by atoms with E-state index in [1.165, 1.54) is 19.2 Å². The standard InChI is InChI=1S/C8H5FN2O3/c1-14-7-3-2-6(11(12)13)8(9)5(7)4-10/h2-3H,1H3. The molecule has 0 aliphatic heterocycles. The fraction of sp³-hybridized carbons (Fsp3) is 0.125. The van der Waals surface area contributed by atoms with Crippen molar-refractivity contribution in [1.82, 2.24) is 0 Å². The summed E-state index contributed by atoms with van der Waals surface area (Å²) < 4.78 is 17.9.